The van der Waals surface area contributed by atoms with E-state index in [9.17, 15) is 10.1 Å². The fourth-order valence-electron chi connectivity index (χ4n) is 2.17. The Morgan fingerprint density at radius 1 is 1.28 bits per heavy atom. The van der Waals surface area contributed by atoms with Gasteiger partial charge in [0, 0.05) is 27.2 Å². The first kappa shape index (κ1) is 19.0. The number of nitro groups is 1. The van der Waals surface area contributed by atoms with Gasteiger partial charge in [-0.25, -0.2) is 0 Å². The lowest BCUT2D eigenvalue weighted by Gasteiger charge is -2.08. The van der Waals surface area contributed by atoms with Crippen molar-refractivity contribution < 1.29 is 9.66 Å². The van der Waals surface area contributed by atoms with Crippen molar-refractivity contribution in [1.29, 1.82) is 0 Å². The van der Waals surface area contributed by atoms with E-state index in [4.69, 9.17) is 27.9 Å². The molecule has 0 amide bonds. The van der Waals surface area contributed by atoms with Crippen molar-refractivity contribution in [3.63, 3.8) is 0 Å². The molecule has 2 rings (SSSR count). The van der Waals surface area contributed by atoms with Crippen LogP contribution in [0.15, 0.2) is 41.5 Å². The van der Waals surface area contributed by atoms with Crippen LogP contribution in [0.4, 0.5) is 5.69 Å². The maximum Gasteiger partial charge on any atom is 0.311 e. The van der Waals surface area contributed by atoms with Crippen LogP contribution >= 0.6 is 23.2 Å². The third-order valence-electron chi connectivity index (χ3n) is 3.44. The zero-order valence-electron chi connectivity index (χ0n) is 13.8. The van der Waals surface area contributed by atoms with E-state index >= 15 is 0 Å². The first-order valence-electron chi connectivity index (χ1n) is 7.55. The second-order valence-corrected chi connectivity index (χ2v) is 5.92. The number of hydrogen-bond acceptors (Lipinski definition) is 5. The fourth-order valence-corrected chi connectivity index (χ4v) is 2.70. The van der Waals surface area contributed by atoms with Crippen LogP contribution < -0.4 is 10.2 Å². The maximum absolute atomic E-state index is 11.2. The summed E-state index contributed by atoms with van der Waals surface area (Å²) < 4.78 is 5.27. The quantitative estimate of drug-likeness (QED) is 0.423. The van der Waals surface area contributed by atoms with Crippen LogP contribution in [-0.4, -0.2) is 17.2 Å². The van der Waals surface area contributed by atoms with Crippen LogP contribution in [0, 0.1) is 10.1 Å². The second kappa shape index (κ2) is 8.69. The molecule has 0 saturated heterocycles. The van der Waals surface area contributed by atoms with Crippen molar-refractivity contribution in [3.05, 3.63) is 67.7 Å². The van der Waals surface area contributed by atoms with Crippen LogP contribution in [0.5, 0.6) is 5.75 Å². The van der Waals surface area contributed by atoms with Gasteiger partial charge in [-0.15, -0.1) is 0 Å². The van der Waals surface area contributed by atoms with E-state index in [1.165, 1.54) is 6.07 Å². The fraction of sp³-hybridized carbons (Fsp3) is 0.235. The smallest absolute Gasteiger partial charge is 0.311 e. The Morgan fingerprint density at radius 3 is 2.56 bits per heavy atom. The van der Waals surface area contributed by atoms with E-state index in [1.807, 2.05) is 0 Å². The minimum atomic E-state index is -0.473. The van der Waals surface area contributed by atoms with Gasteiger partial charge >= 0.3 is 5.69 Å². The Balaban J connectivity index is 2.16. The number of hydrogen-bond donors (Lipinski definition) is 1. The summed E-state index contributed by atoms with van der Waals surface area (Å²) in [5.74, 6) is 0.236. The molecule has 1 N–H and O–H groups in total. The summed E-state index contributed by atoms with van der Waals surface area (Å²) in [5, 5.41) is 16.5. The molecule has 132 valence electrons. The van der Waals surface area contributed by atoms with E-state index in [2.05, 4.69) is 10.5 Å². The summed E-state index contributed by atoms with van der Waals surface area (Å²) in [5.41, 5.74) is 4.74. The largest absolute Gasteiger partial charge is 0.487 e. The number of ether oxygens (including phenoxy) is 1. The van der Waals surface area contributed by atoms with Crippen LogP contribution in [0.25, 0.3) is 0 Å². The van der Waals surface area contributed by atoms with Gasteiger partial charge in [-0.05, 0) is 38.1 Å². The highest BCUT2D eigenvalue weighted by Crippen LogP contribution is 2.28. The number of nitrogens with zero attached hydrogens (tertiary/aromatic N) is 2. The van der Waals surface area contributed by atoms with Gasteiger partial charge in [-0.2, -0.15) is 5.10 Å². The molecule has 0 aliphatic heterocycles. The highest BCUT2D eigenvalue weighted by molar-refractivity contribution is 6.35. The summed E-state index contributed by atoms with van der Waals surface area (Å²) in [7, 11) is 0. The van der Waals surface area contributed by atoms with Crippen molar-refractivity contribution in [3.8, 4) is 5.75 Å². The SMILES string of the molecule is CCOc1ccc(/C(C)=N/NCc2c(Cl)cccc2Cl)cc1[N+](=O)[O-]. The van der Waals surface area contributed by atoms with Crippen LogP contribution in [0.2, 0.25) is 10.0 Å². The lowest BCUT2D eigenvalue weighted by atomic mass is 10.1. The van der Waals surface area contributed by atoms with Gasteiger partial charge in [-0.1, -0.05) is 29.3 Å². The Bertz CT molecular complexity index is 789. The standard InChI is InChI=1S/C17H17Cl2N3O3/c1-3-25-17-8-7-12(9-16(17)22(23)24)11(2)21-20-10-13-14(18)5-4-6-15(13)19/h4-9,20H,3,10H2,1-2H3/b21-11+. The predicted molar refractivity (Wildman–Crippen MR) is 99.8 cm³/mol. The molecule has 25 heavy (non-hydrogen) atoms. The average molecular weight is 382 g/mol. The lowest BCUT2D eigenvalue weighted by molar-refractivity contribution is -0.385. The highest BCUT2D eigenvalue weighted by Gasteiger charge is 2.16. The average Bonchev–Trinajstić information content (AvgIpc) is 2.57. The van der Waals surface area contributed by atoms with Crippen molar-refractivity contribution in [1.82, 2.24) is 5.43 Å². The first-order chi connectivity index (χ1) is 11.9. The monoisotopic (exact) mass is 381 g/mol. The van der Waals surface area contributed by atoms with Gasteiger partial charge in [0.2, 0.25) is 0 Å². The number of nitro benzene ring substituents is 1. The molecule has 0 aliphatic rings. The maximum atomic E-state index is 11.2. The van der Waals surface area contributed by atoms with Crippen molar-refractivity contribution in [2.24, 2.45) is 5.10 Å². The zero-order valence-corrected chi connectivity index (χ0v) is 15.3. The molecule has 0 unspecified atom stereocenters. The molecule has 8 heteroatoms. The van der Waals surface area contributed by atoms with E-state index in [0.717, 1.165) is 5.56 Å². The molecule has 0 aliphatic carbocycles. The Hall–Kier alpha value is -2.31. The van der Waals surface area contributed by atoms with E-state index in [-0.39, 0.29) is 11.4 Å². The molecule has 6 nitrogen and oxygen atoms in total. The third-order valence-corrected chi connectivity index (χ3v) is 4.15. The van der Waals surface area contributed by atoms with E-state index in [0.29, 0.717) is 34.5 Å². The molecular formula is C17H17Cl2N3O3. The Kier molecular flexibility index (Phi) is 6.61. The van der Waals surface area contributed by atoms with Crippen LogP contribution in [0.3, 0.4) is 0 Å². The van der Waals surface area contributed by atoms with Gasteiger partial charge in [0.05, 0.1) is 23.8 Å². The molecular weight excluding hydrogens is 365 g/mol. The van der Waals surface area contributed by atoms with E-state index in [1.54, 1.807) is 44.2 Å². The van der Waals surface area contributed by atoms with Gasteiger partial charge in [0.25, 0.3) is 0 Å². The summed E-state index contributed by atoms with van der Waals surface area (Å²) in [6.45, 7) is 4.22. The summed E-state index contributed by atoms with van der Waals surface area (Å²) in [6.07, 6.45) is 0. The number of nitrogens with one attached hydrogen (secondary N) is 1. The minimum absolute atomic E-state index is 0.0944. The van der Waals surface area contributed by atoms with Crippen molar-refractivity contribution >= 4 is 34.6 Å². The molecule has 0 bridgehead atoms. The molecule has 0 aromatic heterocycles. The van der Waals surface area contributed by atoms with Gasteiger partial charge < -0.3 is 10.2 Å². The molecule has 0 heterocycles. The summed E-state index contributed by atoms with van der Waals surface area (Å²) in [6, 6.07) is 9.99. The number of benzene rings is 2. The number of halogens is 2. The molecule has 0 atom stereocenters. The summed E-state index contributed by atoms with van der Waals surface area (Å²) in [4.78, 5) is 10.7. The van der Waals surface area contributed by atoms with Crippen molar-refractivity contribution in [2.75, 3.05) is 6.61 Å². The van der Waals surface area contributed by atoms with Crippen LogP contribution in [0.1, 0.15) is 25.0 Å². The Morgan fingerprint density at radius 2 is 1.96 bits per heavy atom. The van der Waals surface area contributed by atoms with Gasteiger partial charge in [-0.3, -0.25) is 10.1 Å². The van der Waals surface area contributed by atoms with Gasteiger partial charge in [0.15, 0.2) is 5.75 Å². The molecule has 0 saturated carbocycles. The highest BCUT2D eigenvalue weighted by atomic mass is 35.5. The number of hydrazone groups is 1. The topological polar surface area (TPSA) is 76.8 Å². The molecule has 0 fully saturated rings. The number of rotatable bonds is 7. The molecule has 0 spiro atoms. The van der Waals surface area contributed by atoms with Crippen molar-refractivity contribution in [2.45, 2.75) is 20.4 Å². The van der Waals surface area contributed by atoms with Gasteiger partial charge in [0.1, 0.15) is 0 Å². The summed E-state index contributed by atoms with van der Waals surface area (Å²) >= 11 is 12.2. The van der Waals surface area contributed by atoms with E-state index < -0.39 is 4.92 Å². The first-order valence-corrected chi connectivity index (χ1v) is 8.31. The molecule has 2 aromatic carbocycles. The minimum Gasteiger partial charge on any atom is -0.487 e. The van der Waals surface area contributed by atoms with Crippen LogP contribution in [-0.2, 0) is 6.54 Å². The molecule has 2 aromatic rings. The predicted octanol–water partition coefficient (Wildman–Crippen LogP) is 4.81. The zero-order chi connectivity index (χ0) is 18.4. The molecule has 0 radical (unpaired) electrons. The Labute approximate surface area is 155 Å². The second-order valence-electron chi connectivity index (χ2n) is 5.10. The lowest BCUT2D eigenvalue weighted by Crippen LogP contribution is -2.10. The third kappa shape index (κ3) is 4.84. The normalized spacial score (nSPS) is 11.3.